The monoisotopic (exact) mass is 691 g/mol. The van der Waals surface area contributed by atoms with E-state index >= 15 is 0 Å². The minimum atomic E-state index is -1.08. The van der Waals surface area contributed by atoms with Gasteiger partial charge in [-0.3, -0.25) is 43.6 Å². The number of aliphatic hydroxyl groups excluding tert-OH is 2. The maximum absolute atomic E-state index is 12.7. The largest absolute Gasteiger partial charge is 0.480 e. The Balaban J connectivity index is 0. The molecule has 0 aromatic heterocycles. The molecule has 0 aliphatic carbocycles. The molecule has 7 N–H and O–H groups in total. The van der Waals surface area contributed by atoms with Crippen LogP contribution in [-0.2, 0) is 28.8 Å². The number of carbonyl (C=O) groups is 6. The normalized spacial score (nSPS) is 15.9. The van der Waals surface area contributed by atoms with Crippen LogP contribution in [0.2, 0.25) is 0 Å². The van der Waals surface area contributed by atoms with Crippen LogP contribution in [-0.4, -0.2) is 187 Å². The summed E-state index contributed by atoms with van der Waals surface area (Å²) in [5.41, 5.74) is 0. The average Bonchev–Trinajstić information content (AvgIpc) is 3.06. The van der Waals surface area contributed by atoms with Gasteiger partial charge in [0, 0.05) is 79.0 Å². The smallest absolute Gasteiger partial charge is 0.317 e. The van der Waals surface area contributed by atoms with E-state index < -0.39 is 36.4 Å². The van der Waals surface area contributed by atoms with Gasteiger partial charge in [0.05, 0.1) is 32.8 Å². The molecule has 0 saturated carbocycles. The van der Waals surface area contributed by atoms with Crippen LogP contribution in [0, 0.1) is 0 Å². The summed E-state index contributed by atoms with van der Waals surface area (Å²) in [4.78, 5) is 78.4. The van der Waals surface area contributed by atoms with Crippen LogP contribution in [0.3, 0.4) is 0 Å². The maximum Gasteiger partial charge on any atom is 0.317 e. The fraction of sp³-hybridized carbons (Fsp3) is 0.806. The van der Waals surface area contributed by atoms with Crippen LogP contribution < -0.4 is 16.0 Å². The van der Waals surface area contributed by atoms with Crippen molar-refractivity contribution in [2.75, 3.05) is 105 Å². The van der Waals surface area contributed by atoms with Gasteiger partial charge in [0.2, 0.25) is 17.7 Å². The van der Waals surface area contributed by atoms with Gasteiger partial charge in [-0.05, 0) is 6.42 Å². The van der Waals surface area contributed by atoms with Crippen molar-refractivity contribution in [3.8, 4) is 0 Å². The second-order valence-corrected chi connectivity index (χ2v) is 10.8. The zero-order valence-electron chi connectivity index (χ0n) is 29.3. The van der Waals surface area contributed by atoms with E-state index in [2.05, 4.69) is 22.9 Å². The summed E-state index contributed by atoms with van der Waals surface area (Å²) in [6.07, 6.45) is 4.60. The van der Waals surface area contributed by atoms with Crippen molar-refractivity contribution in [2.45, 2.75) is 58.9 Å². The van der Waals surface area contributed by atoms with Crippen molar-refractivity contribution in [1.82, 2.24) is 35.6 Å². The highest BCUT2D eigenvalue weighted by Gasteiger charge is 2.21. The summed E-state index contributed by atoms with van der Waals surface area (Å²) >= 11 is 0. The van der Waals surface area contributed by atoms with Crippen LogP contribution in [0.25, 0.3) is 0 Å². The van der Waals surface area contributed by atoms with Crippen molar-refractivity contribution < 1.29 is 49.2 Å². The van der Waals surface area contributed by atoms with Crippen LogP contribution in [0.4, 0.5) is 0 Å². The lowest BCUT2D eigenvalue weighted by Crippen LogP contribution is -2.50. The molecule has 1 unspecified atom stereocenters. The molecule has 1 fully saturated rings. The predicted molar refractivity (Wildman–Crippen MR) is 180 cm³/mol. The van der Waals surface area contributed by atoms with E-state index in [0.29, 0.717) is 58.9 Å². The van der Waals surface area contributed by atoms with E-state index in [1.54, 1.807) is 9.80 Å². The van der Waals surface area contributed by atoms with Gasteiger partial charge in [0.15, 0.2) is 0 Å². The Kier molecular flexibility index (Phi) is 30.4. The number of hydrogen-bond acceptors (Lipinski definition) is 12. The molecule has 0 spiro atoms. The van der Waals surface area contributed by atoms with Crippen molar-refractivity contribution in [1.29, 1.82) is 0 Å². The molecule has 3 amide bonds. The number of aldehydes is 1. The average molecular weight is 692 g/mol. The van der Waals surface area contributed by atoms with E-state index in [9.17, 15) is 44.1 Å². The van der Waals surface area contributed by atoms with Crippen molar-refractivity contribution in [2.24, 2.45) is 0 Å². The zero-order chi connectivity index (χ0) is 36.7. The van der Waals surface area contributed by atoms with Gasteiger partial charge < -0.3 is 41.2 Å². The lowest BCUT2D eigenvalue weighted by molar-refractivity contribution is -0.140. The summed E-state index contributed by atoms with van der Waals surface area (Å²) in [6.45, 7) is 8.62. The summed E-state index contributed by atoms with van der Waals surface area (Å²) in [5, 5.41) is 43.0. The molecule has 1 aliphatic heterocycles. The third kappa shape index (κ3) is 24.9. The quantitative estimate of drug-likeness (QED) is 0.0568. The van der Waals surface area contributed by atoms with E-state index in [1.165, 1.54) is 0 Å². The number of hydrogen-bond donors (Lipinski definition) is 7. The number of aliphatic carboxylic acids is 2. The molecule has 17 nitrogen and oxygen atoms in total. The minimum absolute atomic E-state index is 0.0110. The number of carbonyl (C=O) groups excluding carboxylic acids is 4. The second kappa shape index (κ2) is 31.1. The maximum atomic E-state index is 12.7. The van der Waals surface area contributed by atoms with Gasteiger partial charge >= 0.3 is 11.9 Å². The number of nitrogens with one attached hydrogen (secondary N) is 3. The minimum Gasteiger partial charge on any atom is -0.480 e. The van der Waals surface area contributed by atoms with Crippen molar-refractivity contribution in [3.05, 3.63) is 0 Å². The molecule has 0 aromatic carbocycles. The Hall–Kier alpha value is -3.22. The van der Waals surface area contributed by atoms with Gasteiger partial charge in [0.25, 0.3) is 0 Å². The Morgan fingerprint density at radius 3 is 1.60 bits per heavy atom. The van der Waals surface area contributed by atoms with Gasteiger partial charge in [-0.1, -0.05) is 40.0 Å². The number of amides is 3. The highest BCUT2D eigenvalue weighted by atomic mass is 16.4. The predicted octanol–water partition coefficient (Wildman–Crippen LogP) is -2.11. The molecule has 1 saturated heterocycles. The van der Waals surface area contributed by atoms with Gasteiger partial charge in [-0.25, -0.2) is 0 Å². The van der Waals surface area contributed by atoms with Crippen LogP contribution in [0.15, 0.2) is 0 Å². The van der Waals surface area contributed by atoms with Crippen LogP contribution in [0.1, 0.15) is 52.9 Å². The second-order valence-electron chi connectivity index (χ2n) is 10.8. The number of unbranched alkanes of at least 4 members (excludes halogenated alkanes) is 3. The third-order valence-corrected chi connectivity index (χ3v) is 7.19. The highest BCUT2D eigenvalue weighted by Crippen LogP contribution is 2.01. The SMILES string of the molecule is CC.CCCCCCNC(=O)C(CO)NC(=O)CCNC(=O)CN1CCN(CC=O)CCN(CC(=O)O)CCN(CC(=O)O)CC1.CO. The first-order chi connectivity index (χ1) is 23.1. The molecule has 1 aliphatic rings. The standard InChI is InChI=1S/C28H51N7O9.C2H6.CH4O/c1-2-3-4-5-7-30-28(44)23(22-37)31-24(38)6-8-29-25(39)19-33-11-9-32(17-18-36)10-12-34(20-26(40)41)15-16-35(14-13-33)21-27(42)43;2*1-2/h18,23,37H,2-17,19-22H2,1H3,(H,29,39)(H,30,44)(H,31,38)(H,40,41)(H,42,43);1-2H3;2H,1H3. The Labute approximate surface area is 285 Å². The Morgan fingerprint density at radius 1 is 0.688 bits per heavy atom. The fourth-order valence-corrected chi connectivity index (χ4v) is 4.65. The molecular formula is C31H61N7O10. The summed E-state index contributed by atoms with van der Waals surface area (Å²) in [5.74, 6) is -3.33. The van der Waals surface area contributed by atoms with Gasteiger partial charge in [-0.15, -0.1) is 0 Å². The number of carboxylic acid groups (broad SMARTS) is 2. The van der Waals surface area contributed by atoms with Crippen LogP contribution in [0.5, 0.6) is 0 Å². The first-order valence-corrected chi connectivity index (χ1v) is 16.7. The van der Waals surface area contributed by atoms with Crippen molar-refractivity contribution in [3.63, 3.8) is 0 Å². The summed E-state index contributed by atoms with van der Waals surface area (Å²) < 4.78 is 0. The highest BCUT2D eigenvalue weighted by molar-refractivity contribution is 5.88. The molecule has 17 heteroatoms. The van der Waals surface area contributed by atoms with E-state index in [0.717, 1.165) is 39.1 Å². The summed E-state index contributed by atoms with van der Waals surface area (Å²) in [6, 6.07) is -1.08. The molecule has 0 aromatic rings. The van der Waals surface area contributed by atoms with Crippen LogP contribution >= 0.6 is 0 Å². The lowest BCUT2D eigenvalue weighted by atomic mass is 10.2. The van der Waals surface area contributed by atoms with Gasteiger partial charge in [-0.2, -0.15) is 0 Å². The Bertz CT molecular complexity index is 913. The molecule has 0 radical (unpaired) electrons. The molecule has 280 valence electrons. The van der Waals surface area contributed by atoms with E-state index in [1.807, 2.05) is 23.6 Å². The van der Waals surface area contributed by atoms with E-state index in [4.69, 9.17) is 5.11 Å². The lowest BCUT2D eigenvalue weighted by Gasteiger charge is -2.32. The fourth-order valence-electron chi connectivity index (χ4n) is 4.65. The third-order valence-electron chi connectivity index (χ3n) is 7.19. The number of carboxylic acids is 2. The zero-order valence-corrected chi connectivity index (χ0v) is 29.3. The molecule has 1 rings (SSSR count). The molecule has 1 atom stereocenters. The molecular weight excluding hydrogens is 630 g/mol. The van der Waals surface area contributed by atoms with Crippen molar-refractivity contribution >= 4 is 35.9 Å². The first kappa shape index (κ1) is 46.9. The first-order valence-electron chi connectivity index (χ1n) is 16.7. The number of aliphatic hydroxyl groups is 2. The summed E-state index contributed by atoms with van der Waals surface area (Å²) in [7, 11) is 1.00. The molecule has 0 bridgehead atoms. The van der Waals surface area contributed by atoms with Gasteiger partial charge in [0.1, 0.15) is 12.3 Å². The number of rotatable bonds is 19. The Morgan fingerprint density at radius 2 is 1.17 bits per heavy atom. The molecule has 48 heavy (non-hydrogen) atoms. The van der Waals surface area contributed by atoms with E-state index in [-0.39, 0.29) is 45.1 Å². The topological polar surface area (TPSA) is 232 Å². The number of nitrogens with zero attached hydrogens (tertiary/aromatic N) is 4. The molecule has 1 heterocycles.